The summed E-state index contributed by atoms with van der Waals surface area (Å²) in [5, 5.41) is 3.05. The molecule has 2 fully saturated rings. The van der Waals surface area contributed by atoms with Crippen molar-refractivity contribution in [3.8, 4) is 0 Å². The number of hydrogen-bond donors (Lipinski definition) is 2. The minimum atomic E-state index is -0.353. The fourth-order valence-electron chi connectivity index (χ4n) is 3.64. The number of carbonyl (C=O) groups excluding carboxylic acids is 2. The third-order valence-corrected chi connectivity index (χ3v) is 5.69. The minimum Gasteiger partial charge on any atom is -0.369 e. The van der Waals surface area contributed by atoms with Crippen LogP contribution in [0.25, 0.3) is 0 Å². The van der Waals surface area contributed by atoms with E-state index >= 15 is 0 Å². The zero-order chi connectivity index (χ0) is 14.8. The Balaban J connectivity index is 1.67. The number of benzene rings is 1. The molecule has 2 aliphatic carbocycles. The molecule has 0 saturated heterocycles. The van der Waals surface area contributed by atoms with Crippen molar-refractivity contribution < 1.29 is 9.59 Å². The quantitative estimate of drug-likeness (QED) is 0.821. The summed E-state index contributed by atoms with van der Waals surface area (Å²) in [7, 11) is 0. The number of rotatable bonds is 5. The summed E-state index contributed by atoms with van der Waals surface area (Å²) < 4.78 is 0. The fourth-order valence-corrected chi connectivity index (χ4v) is 4.38. The molecule has 0 radical (unpaired) electrons. The zero-order valence-electron chi connectivity index (χ0n) is 11.9. The number of nitrogens with one attached hydrogen (secondary N) is 1. The van der Waals surface area contributed by atoms with E-state index in [0.717, 1.165) is 22.9 Å². The van der Waals surface area contributed by atoms with Gasteiger partial charge < -0.3 is 11.1 Å². The predicted octanol–water partition coefficient (Wildman–Crippen LogP) is 2.64. The number of anilines is 1. The zero-order valence-corrected chi connectivity index (χ0v) is 12.7. The van der Waals surface area contributed by atoms with Crippen molar-refractivity contribution in [1.29, 1.82) is 0 Å². The van der Waals surface area contributed by atoms with Gasteiger partial charge in [-0.3, -0.25) is 9.59 Å². The molecule has 3 rings (SSSR count). The lowest BCUT2D eigenvalue weighted by atomic mass is 9.88. The van der Waals surface area contributed by atoms with Crippen molar-refractivity contribution in [1.82, 2.24) is 0 Å². The van der Waals surface area contributed by atoms with Crippen LogP contribution in [-0.4, -0.2) is 17.6 Å². The van der Waals surface area contributed by atoms with Crippen LogP contribution >= 0.6 is 11.8 Å². The number of fused-ring (bicyclic) bond motifs is 2. The highest BCUT2D eigenvalue weighted by Crippen LogP contribution is 2.48. The van der Waals surface area contributed by atoms with Crippen molar-refractivity contribution in [3.05, 3.63) is 24.3 Å². The van der Waals surface area contributed by atoms with Gasteiger partial charge in [0.15, 0.2) is 0 Å². The standard InChI is InChI=1S/C16H20N2O2S/c17-15(19)9-21-14-4-2-1-3-13(14)18-16(20)12-8-10-5-6-11(12)7-10/h1-4,10-12H,5-9H2,(H2,17,19)(H,18,20). The van der Waals surface area contributed by atoms with Gasteiger partial charge in [0.1, 0.15) is 0 Å². The molecule has 3 atom stereocenters. The first-order chi connectivity index (χ1) is 10.1. The monoisotopic (exact) mass is 304 g/mol. The maximum absolute atomic E-state index is 12.5. The smallest absolute Gasteiger partial charge is 0.227 e. The van der Waals surface area contributed by atoms with Crippen molar-refractivity contribution in [2.75, 3.05) is 11.1 Å². The average molecular weight is 304 g/mol. The first-order valence-electron chi connectivity index (χ1n) is 7.44. The second-order valence-electron chi connectivity index (χ2n) is 6.02. The molecule has 4 nitrogen and oxygen atoms in total. The molecule has 2 bridgehead atoms. The van der Waals surface area contributed by atoms with Gasteiger partial charge in [0, 0.05) is 10.8 Å². The Labute approximate surface area is 128 Å². The first-order valence-corrected chi connectivity index (χ1v) is 8.43. The molecule has 2 aliphatic rings. The molecule has 0 aliphatic heterocycles. The van der Waals surface area contributed by atoms with Crippen LogP contribution in [0.15, 0.2) is 29.2 Å². The largest absolute Gasteiger partial charge is 0.369 e. The third kappa shape index (κ3) is 3.23. The van der Waals surface area contributed by atoms with E-state index in [0.29, 0.717) is 5.92 Å². The predicted molar refractivity (Wildman–Crippen MR) is 83.9 cm³/mol. The molecule has 1 aromatic rings. The molecule has 112 valence electrons. The second-order valence-corrected chi connectivity index (χ2v) is 7.04. The lowest BCUT2D eigenvalue weighted by Crippen LogP contribution is -2.27. The third-order valence-electron chi connectivity index (χ3n) is 4.59. The summed E-state index contributed by atoms with van der Waals surface area (Å²) in [4.78, 5) is 24.3. The summed E-state index contributed by atoms with van der Waals surface area (Å²) in [6.07, 6.45) is 4.74. The number of carbonyl (C=O) groups is 2. The minimum absolute atomic E-state index is 0.134. The highest BCUT2D eigenvalue weighted by molar-refractivity contribution is 8.00. The van der Waals surface area contributed by atoms with Crippen LogP contribution < -0.4 is 11.1 Å². The number of nitrogens with two attached hydrogens (primary N) is 1. The topological polar surface area (TPSA) is 72.2 Å². The Bertz CT molecular complexity index is 561. The maximum atomic E-state index is 12.5. The van der Waals surface area contributed by atoms with Crippen LogP contribution in [0.5, 0.6) is 0 Å². The van der Waals surface area contributed by atoms with Gasteiger partial charge in [0.2, 0.25) is 11.8 Å². The summed E-state index contributed by atoms with van der Waals surface area (Å²) in [6, 6.07) is 7.58. The van der Waals surface area contributed by atoms with Crippen molar-refractivity contribution in [3.63, 3.8) is 0 Å². The number of primary amides is 1. The van der Waals surface area contributed by atoms with Crippen LogP contribution in [0, 0.1) is 17.8 Å². The summed E-state index contributed by atoms with van der Waals surface area (Å²) in [5.41, 5.74) is 5.97. The molecule has 0 aromatic heterocycles. The summed E-state index contributed by atoms with van der Waals surface area (Å²) in [5.74, 6) is 1.49. The fraction of sp³-hybridized carbons (Fsp3) is 0.500. The van der Waals surface area contributed by atoms with Crippen LogP contribution in [-0.2, 0) is 9.59 Å². The van der Waals surface area contributed by atoms with Crippen LogP contribution in [0.2, 0.25) is 0 Å². The molecule has 5 heteroatoms. The van der Waals surface area contributed by atoms with Crippen LogP contribution in [0.3, 0.4) is 0 Å². The van der Waals surface area contributed by atoms with E-state index in [9.17, 15) is 9.59 Å². The van der Waals surface area contributed by atoms with E-state index in [4.69, 9.17) is 5.73 Å². The number of thioether (sulfide) groups is 1. The van der Waals surface area contributed by atoms with Crippen molar-refractivity contribution in [2.45, 2.75) is 30.6 Å². The van der Waals surface area contributed by atoms with Gasteiger partial charge in [-0.05, 0) is 43.2 Å². The van der Waals surface area contributed by atoms with E-state index in [-0.39, 0.29) is 23.5 Å². The Morgan fingerprint density at radius 3 is 2.71 bits per heavy atom. The Morgan fingerprint density at radius 1 is 1.24 bits per heavy atom. The normalized spacial score (nSPS) is 26.8. The van der Waals surface area contributed by atoms with E-state index in [2.05, 4.69) is 5.32 Å². The molecular formula is C16H20N2O2S. The second kappa shape index (κ2) is 6.10. The highest BCUT2D eigenvalue weighted by Gasteiger charge is 2.43. The van der Waals surface area contributed by atoms with Crippen LogP contribution in [0.1, 0.15) is 25.7 Å². The van der Waals surface area contributed by atoms with Gasteiger partial charge in [-0.2, -0.15) is 0 Å². The van der Waals surface area contributed by atoms with Gasteiger partial charge >= 0.3 is 0 Å². The maximum Gasteiger partial charge on any atom is 0.227 e. The van der Waals surface area contributed by atoms with Crippen LogP contribution in [0.4, 0.5) is 5.69 Å². The molecule has 3 N–H and O–H groups in total. The number of para-hydroxylation sites is 1. The molecule has 21 heavy (non-hydrogen) atoms. The summed E-state index contributed by atoms with van der Waals surface area (Å²) in [6.45, 7) is 0. The van der Waals surface area contributed by atoms with Gasteiger partial charge in [-0.25, -0.2) is 0 Å². The lowest BCUT2D eigenvalue weighted by Gasteiger charge is -2.21. The molecule has 1 aromatic carbocycles. The highest BCUT2D eigenvalue weighted by atomic mass is 32.2. The molecule has 0 heterocycles. The van der Waals surface area contributed by atoms with Gasteiger partial charge in [0.05, 0.1) is 11.4 Å². The van der Waals surface area contributed by atoms with E-state index in [1.807, 2.05) is 24.3 Å². The lowest BCUT2D eigenvalue weighted by molar-refractivity contribution is -0.121. The molecule has 2 amide bonds. The molecule has 0 spiro atoms. The SMILES string of the molecule is NC(=O)CSc1ccccc1NC(=O)C1CC2CCC1C2. The number of hydrogen-bond acceptors (Lipinski definition) is 3. The van der Waals surface area contributed by atoms with E-state index in [1.165, 1.54) is 31.0 Å². The van der Waals surface area contributed by atoms with Crippen molar-refractivity contribution >= 4 is 29.3 Å². The first kappa shape index (κ1) is 14.4. The Morgan fingerprint density at radius 2 is 2.05 bits per heavy atom. The molecule has 2 saturated carbocycles. The van der Waals surface area contributed by atoms with Gasteiger partial charge in [-0.1, -0.05) is 18.6 Å². The van der Waals surface area contributed by atoms with Gasteiger partial charge in [-0.15, -0.1) is 11.8 Å². The van der Waals surface area contributed by atoms with E-state index in [1.54, 1.807) is 0 Å². The Kier molecular flexibility index (Phi) is 4.19. The van der Waals surface area contributed by atoms with Gasteiger partial charge in [0.25, 0.3) is 0 Å². The Hall–Kier alpha value is -1.49. The summed E-state index contributed by atoms with van der Waals surface area (Å²) >= 11 is 1.37. The molecule has 3 unspecified atom stereocenters. The van der Waals surface area contributed by atoms with Crippen molar-refractivity contribution in [2.24, 2.45) is 23.5 Å². The average Bonchev–Trinajstić information content (AvgIpc) is 3.09. The number of amides is 2. The van der Waals surface area contributed by atoms with E-state index < -0.39 is 0 Å². The molecular weight excluding hydrogens is 284 g/mol.